The summed E-state index contributed by atoms with van der Waals surface area (Å²) in [4.78, 5) is 19.2. The Balaban J connectivity index is 1.61. The largest absolute Gasteiger partial charge is 0.376 e. The van der Waals surface area contributed by atoms with E-state index in [4.69, 9.17) is 9.73 Å². The topological polar surface area (TPSA) is 66.0 Å². The summed E-state index contributed by atoms with van der Waals surface area (Å²) in [5.74, 6) is 0.411. The second-order valence-electron chi connectivity index (χ2n) is 7.70. The molecule has 0 aliphatic carbocycles. The Morgan fingerprint density at radius 3 is 2.71 bits per heavy atom. The molecule has 2 N–H and O–H groups in total. The van der Waals surface area contributed by atoms with Crippen molar-refractivity contribution in [1.82, 2.24) is 15.5 Å². The first-order valence-corrected chi connectivity index (χ1v) is 10.8. The van der Waals surface area contributed by atoms with Crippen LogP contribution in [0, 0.1) is 5.82 Å². The van der Waals surface area contributed by atoms with E-state index in [0.29, 0.717) is 25.2 Å². The summed E-state index contributed by atoms with van der Waals surface area (Å²) >= 11 is 0. The molecule has 6 nitrogen and oxygen atoms in total. The molecular weight excluding hydrogens is 395 g/mol. The average Bonchev–Trinajstić information content (AvgIpc) is 3.30. The van der Waals surface area contributed by atoms with E-state index in [0.717, 1.165) is 43.1 Å². The number of guanidine groups is 1. The highest BCUT2D eigenvalue weighted by molar-refractivity contribution is 5.94. The smallest absolute Gasteiger partial charge is 0.251 e. The van der Waals surface area contributed by atoms with Crippen LogP contribution in [0.15, 0.2) is 53.5 Å². The molecule has 0 radical (unpaired) electrons. The number of aliphatic imine (C=N–C) groups is 1. The normalized spacial score (nSPS) is 16.2. The lowest BCUT2D eigenvalue weighted by Crippen LogP contribution is -2.38. The van der Waals surface area contributed by atoms with E-state index < -0.39 is 0 Å². The second-order valence-corrected chi connectivity index (χ2v) is 7.70. The zero-order valence-corrected chi connectivity index (χ0v) is 18.2. The molecule has 166 valence electrons. The van der Waals surface area contributed by atoms with Crippen LogP contribution in [0.5, 0.6) is 0 Å². The molecule has 7 heteroatoms. The Kier molecular flexibility index (Phi) is 8.41. The van der Waals surface area contributed by atoms with Gasteiger partial charge in [-0.3, -0.25) is 4.79 Å². The minimum absolute atomic E-state index is 0.0957. The van der Waals surface area contributed by atoms with E-state index in [2.05, 4.69) is 10.6 Å². The molecular formula is C24H31FN4O2. The molecule has 0 aromatic heterocycles. The van der Waals surface area contributed by atoms with Crippen LogP contribution < -0.4 is 10.6 Å². The fourth-order valence-electron chi connectivity index (χ4n) is 3.50. The highest BCUT2D eigenvalue weighted by Gasteiger charge is 2.16. The van der Waals surface area contributed by atoms with Gasteiger partial charge in [0, 0.05) is 38.9 Å². The SMILES string of the molecule is CCNC(=NCc1cccc(C(=O)NCC2CCCO2)c1)N(C)Cc1ccc(F)cc1. The number of nitrogens with one attached hydrogen (secondary N) is 2. The highest BCUT2D eigenvalue weighted by atomic mass is 19.1. The van der Waals surface area contributed by atoms with Gasteiger partial charge >= 0.3 is 0 Å². The van der Waals surface area contributed by atoms with Crippen LogP contribution in [0.4, 0.5) is 4.39 Å². The zero-order chi connectivity index (χ0) is 22.1. The summed E-state index contributed by atoms with van der Waals surface area (Å²) in [5.41, 5.74) is 2.57. The molecule has 1 aliphatic heterocycles. The van der Waals surface area contributed by atoms with Gasteiger partial charge in [0.25, 0.3) is 5.91 Å². The molecule has 1 fully saturated rings. The van der Waals surface area contributed by atoms with Gasteiger partial charge in [-0.25, -0.2) is 9.38 Å². The Bertz CT molecular complexity index is 879. The Hall–Kier alpha value is -2.93. The van der Waals surface area contributed by atoms with Gasteiger partial charge in [-0.2, -0.15) is 0 Å². The third-order valence-electron chi connectivity index (χ3n) is 5.14. The minimum Gasteiger partial charge on any atom is -0.376 e. The van der Waals surface area contributed by atoms with Crippen molar-refractivity contribution < 1.29 is 13.9 Å². The summed E-state index contributed by atoms with van der Waals surface area (Å²) in [5, 5.41) is 6.24. The highest BCUT2D eigenvalue weighted by Crippen LogP contribution is 2.12. The van der Waals surface area contributed by atoms with Gasteiger partial charge in [-0.05, 0) is 55.2 Å². The van der Waals surface area contributed by atoms with E-state index in [9.17, 15) is 9.18 Å². The minimum atomic E-state index is -0.244. The van der Waals surface area contributed by atoms with E-state index in [1.807, 2.05) is 43.1 Å². The van der Waals surface area contributed by atoms with Crippen LogP contribution in [0.25, 0.3) is 0 Å². The van der Waals surface area contributed by atoms with Crippen LogP contribution in [0.2, 0.25) is 0 Å². The summed E-state index contributed by atoms with van der Waals surface area (Å²) < 4.78 is 18.7. The molecule has 2 aromatic rings. The van der Waals surface area contributed by atoms with Crippen LogP contribution in [-0.2, 0) is 17.8 Å². The lowest BCUT2D eigenvalue weighted by molar-refractivity contribution is 0.0857. The van der Waals surface area contributed by atoms with Crippen molar-refractivity contribution >= 4 is 11.9 Å². The van der Waals surface area contributed by atoms with Gasteiger partial charge in [0.15, 0.2) is 5.96 Å². The maximum absolute atomic E-state index is 13.1. The molecule has 1 amide bonds. The molecule has 1 heterocycles. The molecule has 2 aromatic carbocycles. The molecule has 0 bridgehead atoms. The molecule has 1 saturated heterocycles. The monoisotopic (exact) mass is 426 g/mol. The Labute approximate surface area is 183 Å². The summed E-state index contributed by atoms with van der Waals surface area (Å²) in [6.45, 7) is 5.12. The lowest BCUT2D eigenvalue weighted by atomic mass is 10.1. The van der Waals surface area contributed by atoms with Gasteiger partial charge < -0.3 is 20.3 Å². The van der Waals surface area contributed by atoms with E-state index in [1.165, 1.54) is 12.1 Å². The number of carbonyl (C=O) groups is 1. The third kappa shape index (κ3) is 7.07. The number of carbonyl (C=O) groups excluding carboxylic acids is 1. The van der Waals surface area contributed by atoms with Crippen molar-refractivity contribution in [3.63, 3.8) is 0 Å². The van der Waals surface area contributed by atoms with Crippen molar-refractivity contribution in [2.24, 2.45) is 4.99 Å². The molecule has 1 aliphatic rings. The van der Waals surface area contributed by atoms with Crippen LogP contribution in [-0.4, -0.2) is 49.6 Å². The quantitative estimate of drug-likeness (QED) is 0.502. The van der Waals surface area contributed by atoms with Gasteiger partial charge in [0.2, 0.25) is 0 Å². The van der Waals surface area contributed by atoms with E-state index in [1.54, 1.807) is 12.1 Å². The van der Waals surface area contributed by atoms with Crippen molar-refractivity contribution in [1.29, 1.82) is 0 Å². The predicted octanol–water partition coefficient (Wildman–Crippen LogP) is 3.33. The van der Waals surface area contributed by atoms with E-state index >= 15 is 0 Å². The van der Waals surface area contributed by atoms with Crippen LogP contribution >= 0.6 is 0 Å². The third-order valence-corrected chi connectivity index (χ3v) is 5.14. The van der Waals surface area contributed by atoms with Crippen molar-refractivity contribution in [2.75, 3.05) is 26.7 Å². The fraction of sp³-hybridized carbons (Fsp3) is 0.417. The molecule has 0 saturated carbocycles. The van der Waals surface area contributed by atoms with Gasteiger partial charge in [-0.1, -0.05) is 24.3 Å². The van der Waals surface area contributed by atoms with Crippen LogP contribution in [0.1, 0.15) is 41.3 Å². The maximum atomic E-state index is 13.1. The molecule has 3 rings (SSSR count). The predicted molar refractivity (Wildman–Crippen MR) is 120 cm³/mol. The number of rotatable bonds is 8. The second kappa shape index (κ2) is 11.5. The number of halogens is 1. The summed E-state index contributed by atoms with van der Waals surface area (Å²) in [6.07, 6.45) is 2.17. The number of nitrogens with zero attached hydrogens (tertiary/aromatic N) is 2. The van der Waals surface area contributed by atoms with Gasteiger partial charge in [0.1, 0.15) is 5.82 Å². The van der Waals surface area contributed by atoms with Crippen LogP contribution in [0.3, 0.4) is 0 Å². The van der Waals surface area contributed by atoms with Crippen molar-refractivity contribution in [3.8, 4) is 0 Å². The Morgan fingerprint density at radius 1 is 1.19 bits per heavy atom. The first kappa shape index (κ1) is 22.7. The first-order valence-electron chi connectivity index (χ1n) is 10.8. The van der Waals surface area contributed by atoms with Crippen molar-refractivity contribution in [2.45, 2.75) is 39.0 Å². The van der Waals surface area contributed by atoms with E-state index in [-0.39, 0.29) is 17.8 Å². The fourth-order valence-corrected chi connectivity index (χ4v) is 3.50. The summed E-state index contributed by atoms with van der Waals surface area (Å²) in [6, 6.07) is 14.0. The molecule has 1 unspecified atom stereocenters. The molecule has 0 spiro atoms. The zero-order valence-electron chi connectivity index (χ0n) is 18.2. The number of amides is 1. The number of ether oxygens (including phenoxy) is 1. The number of hydrogen-bond donors (Lipinski definition) is 2. The standard InChI is InChI=1S/C24H31FN4O2/c1-3-26-24(29(2)17-18-9-11-21(25)12-10-18)28-15-19-6-4-7-20(14-19)23(30)27-16-22-8-5-13-31-22/h4,6-7,9-12,14,22H,3,5,8,13,15-17H2,1-2H3,(H,26,28)(H,27,30). The molecule has 31 heavy (non-hydrogen) atoms. The summed E-state index contributed by atoms with van der Waals surface area (Å²) in [7, 11) is 1.94. The van der Waals surface area contributed by atoms with Crippen molar-refractivity contribution in [3.05, 3.63) is 71.0 Å². The molecule has 1 atom stereocenters. The lowest BCUT2D eigenvalue weighted by Gasteiger charge is -2.22. The average molecular weight is 427 g/mol. The first-order chi connectivity index (χ1) is 15.0. The van der Waals surface area contributed by atoms with Gasteiger partial charge in [-0.15, -0.1) is 0 Å². The number of hydrogen-bond acceptors (Lipinski definition) is 3. The maximum Gasteiger partial charge on any atom is 0.251 e. The Morgan fingerprint density at radius 2 is 2.00 bits per heavy atom. The number of benzene rings is 2. The van der Waals surface area contributed by atoms with Gasteiger partial charge in [0.05, 0.1) is 12.6 Å².